The molecule has 148 valence electrons. The lowest BCUT2D eigenvalue weighted by Gasteiger charge is -2.38. The van der Waals surface area contributed by atoms with Crippen LogP contribution in [0.3, 0.4) is 0 Å². The van der Waals surface area contributed by atoms with Gasteiger partial charge in [-0.2, -0.15) is 5.10 Å². The van der Waals surface area contributed by atoms with Crippen LogP contribution in [-0.4, -0.2) is 17.4 Å². The van der Waals surface area contributed by atoms with Crippen LogP contribution in [0.15, 0.2) is 90.0 Å². The zero-order chi connectivity index (χ0) is 20.7. The van der Waals surface area contributed by atoms with Crippen molar-refractivity contribution in [1.29, 1.82) is 0 Å². The summed E-state index contributed by atoms with van der Waals surface area (Å²) in [7, 11) is 0. The molecule has 1 heterocycles. The Balaban J connectivity index is 1.62. The lowest BCUT2D eigenvalue weighted by atomic mass is 9.77. The summed E-state index contributed by atoms with van der Waals surface area (Å²) in [5.74, 6) is -0.435. The number of amides is 1. The van der Waals surface area contributed by atoms with E-state index in [-0.39, 0.29) is 24.0 Å². The Morgan fingerprint density at radius 2 is 1.60 bits per heavy atom. The van der Waals surface area contributed by atoms with Gasteiger partial charge < -0.3 is 5.32 Å². The second-order valence-corrected chi connectivity index (χ2v) is 7.74. The molecule has 5 rings (SSSR count). The van der Waals surface area contributed by atoms with Crippen molar-refractivity contribution in [3.05, 3.63) is 96.1 Å². The molecular weight excluding hydrogens is 374 g/mol. The number of anilines is 2. The first-order valence-corrected chi connectivity index (χ1v) is 10.0. The molecule has 2 atom stereocenters. The number of nitrogens with zero attached hydrogens (tertiary/aromatic N) is 2. The van der Waals surface area contributed by atoms with E-state index in [1.165, 1.54) is 0 Å². The molecule has 5 heteroatoms. The SMILES string of the molecule is CC1C(C(=O)Nc2ccccc2)=NN(c2ccccc2)C12CC(=O)c1ccccc12. The van der Waals surface area contributed by atoms with E-state index in [1.807, 2.05) is 96.9 Å². The van der Waals surface area contributed by atoms with Gasteiger partial charge in [-0.1, -0.05) is 67.6 Å². The van der Waals surface area contributed by atoms with E-state index < -0.39 is 5.54 Å². The van der Waals surface area contributed by atoms with Gasteiger partial charge in [0, 0.05) is 23.6 Å². The zero-order valence-corrected chi connectivity index (χ0v) is 16.6. The van der Waals surface area contributed by atoms with Crippen molar-refractivity contribution >= 4 is 28.8 Å². The Labute approximate surface area is 175 Å². The average Bonchev–Trinajstić information content (AvgIpc) is 3.25. The molecule has 1 N–H and O–H groups in total. The quantitative estimate of drug-likeness (QED) is 0.704. The van der Waals surface area contributed by atoms with E-state index in [9.17, 15) is 9.59 Å². The van der Waals surface area contributed by atoms with Gasteiger partial charge in [0.25, 0.3) is 5.91 Å². The fraction of sp³-hybridized carbons (Fsp3) is 0.160. The Bertz CT molecular complexity index is 1160. The number of fused-ring (bicyclic) bond motifs is 2. The Morgan fingerprint density at radius 3 is 2.33 bits per heavy atom. The van der Waals surface area contributed by atoms with Crippen LogP contribution in [0.4, 0.5) is 11.4 Å². The average molecular weight is 395 g/mol. The van der Waals surface area contributed by atoms with Gasteiger partial charge in [0.05, 0.1) is 5.69 Å². The van der Waals surface area contributed by atoms with Crippen molar-refractivity contribution in [1.82, 2.24) is 0 Å². The number of rotatable bonds is 3. The maximum atomic E-state index is 13.2. The second kappa shape index (κ2) is 6.95. The lowest BCUT2D eigenvalue weighted by Crippen LogP contribution is -2.45. The van der Waals surface area contributed by atoms with Crippen molar-refractivity contribution in [3.63, 3.8) is 0 Å². The Hall–Kier alpha value is -3.73. The first kappa shape index (κ1) is 18.3. The van der Waals surface area contributed by atoms with Gasteiger partial charge in [0.15, 0.2) is 5.78 Å². The van der Waals surface area contributed by atoms with E-state index in [0.717, 1.165) is 11.3 Å². The number of para-hydroxylation sites is 2. The van der Waals surface area contributed by atoms with Gasteiger partial charge >= 0.3 is 0 Å². The maximum absolute atomic E-state index is 13.2. The smallest absolute Gasteiger partial charge is 0.272 e. The van der Waals surface area contributed by atoms with Gasteiger partial charge in [0.2, 0.25) is 0 Å². The third-order valence-corrected chi connectivity index (χ3v) is 6.10. The van der Waals surface area contributed by atoms with Gasteiger partial charge in [0.1, 0.15) is 11.3 Å². The zero-order valence-electron chi connectivity index (χ0n) is 16.6. The van der Waals surface area contributed by atoms with Crippen molar-refractivity contribution in [3.8, 4) is 0 Å². The number of ketones is 1. The van der Waals surface area contributed by atoms with Crippen molar-refractivity contribution in [2.24, 2.45) is 11.0 Å². The third-order valence-electron chi connectivity index (χ3n) is 6.10. The Kier molecular flexibility index (Phi) is 4.24. The molecule has 3 aromatic carbocycles. The summed E-state index contributed by atoms with van der Waals surface area (Å²) in [6.45, 7) is 1.99. The molecular formula is C25H21N3O2. The van der Waals surface area contributed by atoms with Gasteiger partial charge in [-0.25, -0.2) is 0 Å². The van der Waals surface area contributed by atoms with Crippen molar-refractivity contribution in [2.45, 2.75) is 18.9 Å². The number of carbonyl (C=O) groups excluding carboxylic acids is 2. The predicted molar refractivity (Wildman–Crippen MR) is 118 cm³/mol. The van der Waals surface area contributed by atoms with E-state index in [4.69, 9.17) is 5.10 Å². The minimum absolute atomic E-state index is 0.0818. The minimum Gasteiger partial charge on any atom is -0.321 e. The summed E-state index contributed by atoms with van der Waals surface area (Å²) in [5, 5.41) is 9.61. The first-order valence-electron chi connectivity index (χ1n) is 10.0. The van der Waals surface area contributed by atoms with E-state index in [1.54, 1.807) is 0 Å². The predicted octanol–water partition coefficient (Wildman–Crippen LogP) is 4.62. The fourth-order valence-corrected chi connectivity index (χ4v) is 4.62. The molecule has 0 fully saturated rings. The van der Waals surface area contributed by atoms with Crippen LogP contribution in [0.25, 0.3) is 0 Å². The molecule has 0 aromatic heterocycles. The van der Waals surface area contributed by atoms with Gasteiger partial charge in [-0.15, -0.1) is 0 Å². The molecule has 1 spiro atoms. The van der Waals surface area contributed by atoms with Crippen LogP contribution in [0, 0.1) is 5.92 Å². The molecule has 0 saturated heterocycles. The van der Waals surface area contributed by atoms with Gasteiger partial charge in [-0.05, 0) is 29.8 Å². The van der Waals surface area contributed by atoms with Crippen LogP contribution in [0.1, 0.15) is 29.3 Å². The minimum atomic E-state index is -0.710. The molecule has 0 radical (unpaired) electrons. The van der Waals surface area contributed by atoms with Crippen LogP contribution in [-0.2, 0) is 10.3 Å². The number of hydrogen-bond donors (Lipinski definition) is 1. The number of benzene rings is 3. The first-order chi connectivity index (χ1) is 14.6. The number of nitrogens with one attached hydrogen (secondary N) is 1. The van der Waals surface area contributed by atoms with E-state index >= 15 is 0 Å². The van der Waals surface area contributed by atoms with Crippen molar-refractivity contribution in [2.75, 3.05) is 10.3 Å². The van der Waals surface area contributed by atoms with Crippen LogP contribution in [0.5, 0.6) is 0 Å². The fourth-order valence-electron chi connectivity index (χ4n) is 4.62. The molecule has 5 nitrogen and oxygen atoms in total. The Morgan fingerprint density at radius 1 is 0.967 bits per heavy atom. The van der Waals surface area contributed by atoms with Crippen LogP contribution in [0.2, 0.25) is 0 Å². The molecule has 1 aliphatic carbocycles. The molecule has 1 aliphatic heterocycles. The molecule has 0 bridgehead atoms. The number of Topliss-reactive ketones (excluding diaryl/α,β-unsaturated/α-hetero) is 1. The lowest BCUT2D eigenvalue weighted by molar-refractivity contribution is -0.110. The topological polar surface area (TPSA) is 61.8 Å². The maximum Gasteiger partial charge on any atom is 0.272 e. The summed E-state index contributed by atoms with van der Waals surface area (Å²) < 4.78 is 0. The summed E-state index contributed by atoms with van der Waals surface area (Å²) in [6.07, 6.45) is 0.286. The highest BCUT2D eigenvalue weighted by molar-refractivity contribution is 6.45. The molecule has 3 aromatic rings. The van der Waals surface area contributed by atoms with Crippen LogP contribution >= 0.6 is 0 Å². The summed E-state index contributed by atoms with van der Waals surface area (Å²) >= 11 is 0. The molecule has 0 saturated carbocycles. The van der Waals surface area contributed by atoms with Crippen LogP contribution < -0.4 is 10.3 Å². The molecule has 2 aliphatic rings. The second-order valence-electron chi connectivity index (χ2n) is 7.74. The number of carbonyl (C=O) groups is 2. The molecule has 30 heavy (non-hydrogen) atoms. The standard InChI is InChI=1S/C25H21N3O2/c1-17-23(24(30)26-18-10-4-2-5-11-18)27-28(19-12-6-3-7-13-19)25(17)16-22(29)20-14-8-9-15-21(20)25/h2-15,17H,16H2,1H3,(H,26,30). The normalized spacial score (nSPS) is 22.2. The highest BCUT2D eigenvalue weighted by Crippen LogP contribution is 2.52. The number of hydrazone groups is 1. The summed E-state index contributed by atoms with van der Waals surface area (Å²) in [6, 6.07) is 26.7. The monoisotopic (exact) mass is 395 g/mol. The van der Waals surface area contributed by atoms with E-state index in [2.05, 4.69) is 5.32 Å². The molecule has 1 amide bonds. The van der Waals surface area contributed by atoms with E-state index in [0.29, 0.717) is 17.0 Å². The largest absolute Gasteiger partial charge is 0.321 e. The van der Waals surface area contributed by atoms with Crippen molar-refractivity contribution < 1.29 is 9.59 Å². The molecule has 2 unspecified atom stereocenters. The number of hydrogen-bond acceptors (Lipinski definition) is 4. The summed E-state index contributed by atoms with van der Waals surface area (Å²) in [4.78, 5) is 26.1. The summed E-state index contributed by atoms with van der Waals surface area (Å²) in [5.41, 5.74) is 2.93. The third kappa shape index (κ3) is 2.66. The highest BCUT2D eigenvalue weighted by Gasteiger charge is 2.57. The van der Waals surface area contributed by atoms with Gasteiger partial charge in [-0.3, -0.25) is 14.6 Å². The highest BCUT2D eigenvalue weighted by atomic mass is 16.2.